The molecule has 0 aromatic heterocycles. The van der Waals surface area contributed by atoms with Gasteiger partial charge in [-0.1, -0.05) is 6.07 Å². The molecular weight excluding hydrogens is 224 g/mol. The van der Waals surface area contributed by atoms with Crippen molar-refractivity contribution in [3.63, 3.8) is 0 Å². The summed E-state index contributed by atoms with van der Waals surface area (Å²) in [5, 5.41) is 9.44. The molecule has 1 rings (SSSR count). The second kappa shape index (κ2) is 5.65. The molecule has 0 amide bonds. The Morgan fingerprint density at radius 1 is 1.29 bits per heavy atom. The van der Waals surface area contributed by atoms with Gasteiger partial charge in [-0.25, -0.2) is 0 Å². The van der Waals surface area contributed by atoms with Gasteiger partial charge in [0.1, 0.15) is 0 Å². The van der Waals surface area contributed by atoms with Gasteiger partial charge in [0.05, 0.1) is 7.11 Å². The Kier molecular flexibility index (Phi) is 4.48. The molecule has 0 atom stereocenters. The number of phenols is 1. The molecule has 1 N–H and O–H groups in total. The first-order chi connectivity index (χ1) is 8.10. The SMILES string of the molecule is COc1cc(CC([C]=O)(OC)OC)ccc1O. The number of benzene rings is 1. The number of hydrogen-bond acceptors (Lipinski definition) is 5. The van der Waals surface area contributed by atoms with Crippen molar-refractivity contribution in [3.05, 3.63) is 23.8 Å². The highest BCUT2D eigenvalue weighted by molar-refractivity contribution is 5.62. The zero-order chi connectivity index (χ0) is 12.9. The lowest BCUT2D eigenvalue weighted by atomic mass is 10.1. The fourth-order valence-electron chi connectivity index (χ4n) is 1.45. The molecule has 93 valence electrons. The van der Waals surface area contributed by atoms with Crippen LogP contribution in [0.1, 0.15) is 5.56 Å². The molecule has 0 unspecified atom stereocenters. The predicted molar refractivity (Wildman–Crippen MR) is 60.8 cm³/mol. The number of methoxy groups -OCH3 is 3. The molecule has 0 fully saturated rings. The normalized spacial score (nSPS) is 11.2. The maximum Gasteiger partial charge on any atom is 0.263 e. The van der Waals surface area contributed by atoms with E-state index >= 15 is 0 Å². The van der Waals surface area contributed by atoms with E-state index in [1.807, 2.05) is 0 Å². The highest BCUT2D eigenvalue weighted by Crippen LogP contribution is 2.28. The van der Waals surface area contributed by atoms with Crippen LogP contribution in [-0.4, -0.2) is 38.5 Å². The minimum atomic E-state index is -1.43. The van der Waals surface area contributed by atoms with Crippen LogP contribution in [0.2, 0.25) is 0 Å². The molecule has 0 spiro atoms. The van der Waals surface area contributed by atoms with Gasteiger partial charge < -0.3 is 19.3 Å². The van der Waals surface area contributed by atoms with Gasteiger partial charge >= 0.3 is 0 Å². The van der Waals surface area contributed by atoms with Gasteiger partial charge in [0.2, 0.25) is 5.79 Å². The maximum absolute atomic E-state index is 10.9. The van der Waals surface area contributed by atoms with E-state index in [4.69, 9.17) is 14.2 Å². The van der Waals surface area contributed by atoms with E-state index < -0.39 is 5.79 Å². The Labute approximate surface area is 99.9 Å². The lowest BCUT2D eigenvalue weighted by Crippen LogP contribution is -2.38. The molecular formula is C12H15O5. The first-order valence-corrected chi connectivity index (χ1v) is 4.96. The molecule has 0 saturated heterocycles. The number of phenolic OH excluding ortho intramolecular Hbond substituents is 1. The quantitative estimate of drug-likeness (QED) is 0.751. The topological polar surface area (TPSA) is 65.0 Å². The Bertz CT molecular complexity index is 384. The smallest absolute Gasteiger partial charge is 0.263 e. The second-order valence-corrected chi connectivity index (χ2v) is 3.45. The molecule has 17 heavy (non-hydrogen) atoms. The lowest BCUT2D eigenvalue weighted by molar-refractivity contribution is -0.152. The van der Waals surface area contributed by atoms with Crippen LogP contribution in [0, 0.1) is 0 Å². The van der Waals surface area contributed by atoms with Gasteiger partial charge in [0, 0.05) is 20.6 Å². The van der Waals surface area contributed by atoms with E-state index in [2.05, 4.69) is 0 Å². The average Bonchev–Trinajstić information content (AvgIpc) is 2.38. The van der Waals surface area contributed by atoms with E-state index in [1.54, 1.807) is 18.4 Å². The molecule has 0 bridgehead atoms. The molecule has 5 nitrogen and oxygen atoms in total. The lowest BCUT2D eigenvalue weighted by Gasteiger charge is -2.23. The summed E-state index contributed by atoms with van der Waals surface area (Å²) in [7, 11) is 4.18. The van der Waals surface area contributed by atoms with E-state index in [-0.39, 0.29) is 12.2 Å². The van der Waals surface area contributed by atoms with Gasteiger partial charge in [-0.3, -0.25) is 4.79 Å². The third-order valence-corrected chi connectivity index (χ3v) is 2.50. The number of hydrogen-bond donors (Lipinski definition) is 1. The summed E-state index contributed by atoms with van der Waals surface area (Å²) in [6.45, 7) is 0. The van der Waals surface area contributed by atoms with E-state index in [0.29, 0.717) is 5.75 Å². The fourth-order valence-corrected chi connectivity index (χ4v) is 1.45. The molecule has 0 aliphatic heterocycles. The second-order valence-electron chi connectivity index (χ2n) is 3.45. The van der Waals surface area contributed by atoms with Crippen molar-refractivity contribution in [2.75, 3.05) is 21.3 Å². The number of carbonyl (C=O) groups excluding carboxylic acids is 1. The predicted octanol–water partition coefficient (Wildman–Crippen LogP) is 1.04. The molecule has 1 radical (unpaired) electrons. The molecule has 0 heterocycles. The third-order valence-electron chi connectivity index (χ3n) is 2.50. The zero-order valence-corrected chi connectivity index (χ0v) is 10.0. The van der Waals surface area contributed by atoms with E-state index in [9.17, 15) is 9.90 Å². The Morgan fingerprint density at radius 3 is 2.41 bits per heavy atom. The maximum atomic E-state index is 10.9. The van der Waals surface area contributed by atoms with Crippen LogP contribution in [-0.2, 0) is 20.7 Å². The van der Waals surface area contributed by atoms with E-state index in [0.717, 1.165) is 5.56 Å². The van der Waals surface area contributed by atoms with Crippen LogP contribution in [0.15, 0.2) is 18.2 Å². The van der Waals surface area contributed by atoms with Gasteiger partial charge in [-0.2, -0.15) is 0 Å². The summed E-state index contributed by atoms with van der Waals surface area (Å²) in [4.78, 5) is 10.9. The minimum absolute atomic E-state index is 0.0340. The zero-order valence-electron chi connectivity index (χ0n) is 10.0. The summed E-state index contributed by atoms with van der Waals surface area (Å²) in [6.07, 6.45) is 1.90. The summed E-state index contributed by atoms with van der Waals surface area (Å²) in [5.41, 5.74) is 0.728. The third kappa shape index (κ3) is 2.95. The monoisotopic (exact) mass is 239 g/mol. The molecule has 5 heteroatoms. The largest absolute Gasteiger partial charge is 0.504 e. The van der Waals surface area contributed by atoms with Gasteiger partial charge in [0.25, 0.3) is 6.29 Å². The van der Waals surface area contributed by atoms with Crippen molar-refractivity contribution in [1.29, 1.82) is 0 Å². The Balaban J connectivity index is 2.97. The minimum Gasteiger partial charge on any atom is -0.504 e. The van der Waals surface area contributed by atoms with Gasteiger partial charge in [-0.05, 0) is 17.7 Å². The molecule has 1 aromatic carbocycles. The van der Waals surface area contributed by atoms with Crippen LogP contribution in [0.5, 0.6) is 11.5 Å². The summed E-state index contributed by atoms with van der Waals surface area (Å²) in [6, 6.07) is 4.75. The Hall–Kier alpha value is -1.59. The van der Waals surface area contributed by atoms with Crippen molar-refractivity contribution in [1.82, 2.24) is 0 Å². The fraction of sp³-hybridized carbons (Fsp3) is 0.417. The standard InChI is InChI=1S/C12H15O5/c1-15-11-6-9(4-5-10(11)14)7-12(8-13,16-2)17-3/h4-6,14H,7H2,1-3H3. The van der Waals surface area contributed by atoms with Crippen molar-refractivity contribution in [2.24, 2.45) is 0 Å². The van der Waals surface area contributed by atoms with Crippen molar-refractivity contribution in [3.8, 4) is 11.5 Å². The van der Waals surface area contributed by atoms with Crippen molar-refractivity contribution >= 4 is 6.29 Å². The van der Waals surface area contributed by atoms with Crippen LogP contribution in [0.25, 0.3) is 0 Å². The molecule has 0 saturated carbocycles. The highest BCUT2D eigenvalue weighted by Gasteiger charge is 2.31. The molecule has 0 aliphatic carbocycles. The number of aromatic hydroxyl groups is 1. The van der Waals surface area contributed by atoms with Crippen LogP contribution in [0.4, 0.5) is 0 Å². The van der Waals surface area contributed by atoms with Crippen molar-refractivity contribution in [2.45, 2.75) is 12.2 Å². The average molecular weight is 239 g/mol. The molecule has 0 aliphatic rings. The molecule has 1 aromatic rings. The van der Waals surface area contributed by atoms with E-state index in [1.165, 1.54) is 27.4 Å². The Morgan fingerprint density at radius 2 is 1.94 bits per heavy atom. The highest BCUT2D eigenvalue weighted by atomic mass is 16.7. The summed E-state index contributed by atoms with van der Waals surface area (Å²) < 4.78 is 15.0. The van der Waals surface area contributed by atoms with Crippen molar-refractivity contribution < 1.29 is 24.1 Å². The number of rotatable bonds is 6. The van der Waals surface area contributed by atoms with Gasteiger partial charge in [0.15, 0.2) is 11.5 Å². The number of ether oxygens (including phenoxy) is 3. The van der Waals surface area contributed by atoms with Crippen LogP contribution < -0.4 is 4.74 Å². The van der Waals surface area contributed by atoms with Crippen LogP contribution >= 0.6 is 0 Å². The first kappa shape index (κ1) is 13.5. The summed E-state index contributed by atoms with van der Waals surface area (Å²) in [5.74, 6) is -1.07. The van der Waals surface area contributed by atoms with Gasteiger partial charge in [-0.15, -0.1) is 0 Å². The first-order valence-electron chi connectivity index (χ1n) is 4.96. The summed E-state index contributed by atoms with van der Waals surface area (Å²) >= 11 is 0. The van der Waals surface area contributed by atoms with Crippen LogP contribution in [0.3, 0.4) is 0 Å².